The van der Waals surface area contributed by atoms with E-state index in [4.69, 9.17) is 4.74 Å². The van der Waals surface area contributed by atoms with Crippen LogP contribution in [0, 0.1) is 0 Å². The number of rotatable bonds is 5. The summed E-state index contributed by atoms with van der Waals surface area (Å²) in [6.45, 7) is 9.68. The third-order valence-corrected chi connectivity index (χ3v) is 5.23. The normalized spacial score (nSPS) is 19.1. The quantitative estimate of drug-likeness (QED) is 0.773. The highest BCUT2D eigenvalue weighted by Crippen LogP contribution is 2.10. The molecule has 0 N–H and O–H groups in total. The minimum absolute atomic E-state index is 0.193. The zero-order valence-corrected chi connectivity index (χ0v) is 16.2. The molecule has 0 unspecified atom stereocenters. The number of carbonyl (C=O) groups excluding carboxylic acids is 2. The number of benzene rings is 1. The van der Waals surface area contributed by atoms with E-state index in [2.05, 4.69) is 34.1 Å². The summed E-state index contributed by atoms with van der Waals surface area (Å²) >= 11 is 0. The summed E-state index contributed by atoms with van der Waals surface area (Å²) in [5, 5.41) is 0. The number of hydrogen-bond acceptors (Lipinski definition) is 5. The largest absolute Gasteiger partial charge is 0.450 e. The molecular formula is C20H30N4O3. The third-order valence-electron chi connectivity index (χ3n) is 5.23. The van der Waals surface area contributed by atoms with E-state index >= 15 is 0 Å². The highest BCUT2D eigenvalue weighted by Gasteiger charge is 2.26. The molecule has 0 radical (unpaired) electrons. The van der Waals surface area contributed by atoms with Gasteiger partial charge < -0.3 is 14.5 Å². The van der Waals surface area contributed by atoms with Gasteiger partial charge in [-0.15, -0.1) is 0 Å². The number of carbonyl (C=O) groups is 2. The predicted molar refractivity (Wildman–Crippen MR) is 103 cm³/mol. The molecule has 2 amide bonds. The van der Waals surface area contributed by atoms with E-state index in [0.717, 1.165) is 45.8 Å². The van der Waals surface area contributed by atoms with Crippen LogP contribution in [-0.2, 0) is 16.1 Å². The monoisotopic (exact) mass is 374 g/mol. The maximum Gasteiger partial charge on any atom is 0.409 e. The van der Waals surface area contributed by atoms with Crippen molar-refractivity contribution in [3.05, 3.63) is 35.9 Å². The molecule has 0 spiro atoms. The van der Waals surface area contributed by atoms with Crippen LogP contribution in [0.5, 0.6) is 0 Å². The van der Waals surface area contributed by atoms with Crippen LogP contribution in [0.3, 0.4) is 0 Å². The molecule has 2 heterocycles. The van der Waals surface area contributed by atoms with Crippen molar-refractivity contribution in [3.8, 4) is 0 Å². The van der Waals surface area contributed by atoms with Gasteiger partial charge in [-0.3, -0.25) is 14.6 Å². The van der Waals surface area contributed by atoms with E-state index in [9.17, 15) is 9.59 Å². The smallest absolute Gasteiger partial charge is 0.409 e. The molecule has 0 bridgehead atoms. The Morgan fingerprint density at radius 2 is 1.44 bits per heavy atom. The van der Waals surface area contributed by atoms with Crippen molar-refractivity contribution in [2.75, 3.05) is 65.5 Å². The summed E-state index contributed by atoms with van der Waals surface area (Å²) in [7, 11) is 0. The van der Waals surface area contributed by atoms with E-state index < -0.39 is 0 Å². The van der Waals surface area contributed by atoms with Gasteiger partial charge in [-0.05, 0) is 12.5 Å². The van der Waals surface area contributed by atoms with E-state index in [-0.39, 0.29) is 12.0 Å². The maximum absolute atomic E-state index is 12.6. The van der Waals surface area contributed by atoms with Gasteiger partial charge in [-0.2, -0.15) is 0 Å². The van der Waals surface area contributed by atoms with E-state index in [1.54, 1.807) is 4.90 Å². The van der Waals surface area contributed by atoms with Crippen molar-refractivity contribution < 1.29 is 14.3 Å². The topological polar surface area (TPSA) is 56.3 Å². The van der Waals surface area contributed by atoms with Gasteiger partial charge in [0.25, 0.3) is 0 Å². The van der Waals surface area contributed by atoms with Crippen LogP contribution in [0.15, 0.2) is 30.3 Å². The van der Waals surface area contributed by atoms with Crippen molar-refractivity contribution in [1.29, 1.82) is 0 Å². The molecule has 27 heavy (non-hydrogen) atoms. The molecule has 0 atom stereocenters. The minimum atomic E-state index is -0.252. The standard InChI is InChI=1S/C20H30N4O3/c1-2-27-20(26)24-14-10-22(11-15-24)17-19(25)23-12-8-21(9-13-23)16-18-6-4-3-5-7-18/h3-7H,2,8-17H2,1H3. The molecule has 1 aromatic rings. The molecule has 0 aromatic heterocycles. The average Bonchev–Trinajstić information content (AvgIpc) is 2.70. The molecule has 3 rings (SSSR count). The van der Waals surface area contributed by atoms with Crippen molar-refractivity contribution >= 4 is 12.0 Å². The predicted octanol–water partition coefficient (Wildman–Crippen LogP) is 1.10. The van der Waals surface area contributed by atoms with E-state index in [1.807, 2.05) is 17.9 Å². The zero-order chi connectivity index (χ0) is 19.1. The van der Waals surface area contributed by atoms with Crippen molar-refractivity contribution in [2.45, 2.75) is 13.5 Å². The lowest BCUT2D eigenvalue weighted by atomic mass is 10.2. The molecule has 0 saturated carbocycles. The Balaban J connectivity index is 1.37. The highest BCUT2D eigenvalue weighted by atomic mass is 16.6. The Morgan fingerprint density at radius 1 is 0.852 bits per heavy atom. The molecule has 7 nitrogen and oxygen atoms in total. The molecule has 2 fully saturated rings. The van der Waals surface area contributed by atoms with E-state index in [0.29, 0.717) is 26.2 Å². The van der Waals surface area contributed by atoms with Gasteiger partial charge in [0.2, 0.25) is 5.91 Å². The Labute approximate surface area is 161 Å². The fourth-order valence-corrected chi connectivity index (χ4v) is 3.59. The molecule has 2 saturated heterocycles. The first-order valence-corrected chi connectivity index (χ1v) is 9.84. The first-order valence-electron chi connectivity index (χ1n) is 9.84. The van der Waals surface area contributed by atoms with E-state index in [1.165, 1.54) is 5.56 Å². The van der Waals surface area contributed by atoms with Crippen molar-refractivity contribution in [3.63, 3.8) is 0 Å². The molecule has 2 aliphatic heterocycles. The Bertz CT molecular complexity index is 609. The fourth-order valence-electron chi connectivity index (χ4n) is 3.59. The fraction of sp³-hybridized carbons (Fsp3) is 0.600. The summed E-state index contributed by atoms with van der Waals surface area (Å²) in [5.41, 5.74) is 1.32. The number of ether oxygens (including phenoxy) is 1. The van der Waals surface area contributed by atoms with Crippen molar-refractivity contribution in [1.82, 2.24) is 19.6 Å². The zero-order valence-electron chi connectivity index (χ0n) is 16.2. The second-order valence-corrected chi connectivity index (χ2v) is 7.10. The first kappa shape index (κ1) is 19.6. The lowest BCUT2D eigenvalue weighted by Gasteiger charge is -2.37. The lowest BCUT2D eigenvalue weighted by Crippen LogP contribution is -2.54. The maximum atomic E-state index is 12.6. The number of piperazine rings is 2. The molecule has 1 aromatic carbocycles. The second kappa shape index (κ2) is 9.71. The van der Waals surface area contributed by atoms with Gasteiger partial charge in [0.15, 0.2) is 0 Å². The second-order valence-electron chi connectivity index (χ2n) is 7.10. The summed E-state index contributed by atoms with van der Waals surface area (Å²) in [6, 6.07) is 10.5. The lowest BCUT2D eigenvalue weighted by molar-refractivity contribution is -0.134. The van der Waals surface area contributed by atoms with Crippen LogP contribution in [0.4, 0.5) is 4.79 Å². The molecule has 0 aliphatic carbocycles. The average molecular weight is 374 g/mol. The molecule has 7 heteroatoms. The molecule has 2 aliphatic rings. The summed E-state index contributed by atoms with van der Waals surface area (Å²) in [5.74, 6) is 0.193. The van der Waals surface area contributed by atoms with Crippen molar-refractivity contribution in [2.24, 2.45) is 0 Å². The third kappa shape index (κ3) is 5.68. The van der Waals surface area contributed by atoms with Crippen LogP contribution in [0.25, 0.3) is 0 Å². The van der Waals surface area contributed by atoms with Gasteiger partial charge in [-0.25, -0.2) is 4.79 Å². The summed E-state index contributed by atoms with van der Waals surface area (Å²) in [6.07, 6.45) is -0.252. The van der Waals surface area contributed by atoms with Gasteiger partial charge in [0.1, 0.15) is 0 Å². The van der Waals surface area contributed by atoms with Crippen LogP contribution in [-0.4, -0.2) is 97.1 Å². The minimum Gasteiger partial charge on any atom is -0.450 e. The SMILES string of the molecule is CCOC(=O)N1CCN(CC(=O)N2CCN(Cc3ccccc3)CC2)CC1. The number of nitrogens with zero attached hydrogens (tertiary/aromatic N) is 4. The summed E-state index contributed by atoms with van der Waals surface area (Å²) < 4.78 is 5.03. The van der Waals surface area contributed by atoms with Gasteiger partial charge in [0.05, 0.1) is 13.2 Å². The highest BCUT2D eigenvalue weighted by molar-refractivity contribution is 5.78. The molecule has 148 valence electrons. The molecular weight excluding hydrogens is 344 g/mol. The Hall–Kier alpha value is -2.12. The first-order chi connectivity index (χ1) is 13.2. The summed E-state index contributed by atoms with van der Waals surface area (Å²) in [4.78, 5) is 32.6. The van der Waals surface area contributed by atoms with Gasteiger partial charge in [-0.1, -0.05) is 30.3 Å². The van der Waals surface area contributed by atoms with Crippen LogP contribution in [0.1, 0.15) is 12.5 Å². The van der Waals surface area contributed by atoms with Crippen LogP contribution < -0.4 is 0 Å². The Morgan fingerprint density at radius 3 is 2.07 bits per heavy atom. The van der Waals surface area contributed by atoms with Gasteiger partial charge in [0, 0.05) is 58.9 Å². The number of hydrogen-bond donors (Lipinski definition) is 0. The van der Waals surface area contributed by atoms with Gasteiger partial charge >= 0.3 is 6.09 Å². The van der Waals surface area contributed by atoms with Crippen LogP contribution in [0.2, 0.25) is 0 Å². The van der Waals surface area contributed by atoms with Crippen LogP contribution >= 0.6 is 0 Å². The Kier molecular flexibility index (Phi) is 7.06. The number of amides is 2.